The zero-order valence-electron chi connectivity index (χ0n) is 10.4. The van der Waals surface area contributed by atoms with Crippen LogP contribution in [0.15, 0.2) is 29.2 Å². The van der Waals surface area contributed by atoms with Gasteiger partial charge in [-0.3, -0.25) is 0 Å². The normalized spacial score (nSPS) is 11.6. The van der Waals surface area contributed by atoms with Gasteiger partial charge in [-0.15, -0.1) is 11.8 Å². The summed E-state index contributed by atoms with van der Waals surface area (Å²) in [5, 5.41) is 9.82. The van der Waals surface area contributed by atoms with E-state index in [1.807, 2.05) is 30.5 Å². The summed E-state index contributed by atoms with van der Waals surface area (Å²) in [6.07, 6.45) is 2.03. The topological polar surface area (TPSA) is 29.5 Å². The molecule has 2 nitrogen and oxygen atoms in total. The fraction of sp³-hybridized carbons (Fsp3) is 0.500. The van der Waals surface area contributed by atoms with Crippen molar-refractivity contribution in [1.82, 2.24) is 0 Å². The third-order valence-corrected chi connectivity index (χ3v) is 2.82. The Bertz CT molecular complexity index is 319. The van der Waals surface area contributed by atoms with Gasteiger partial charge < -0.3 is 9.68 Å². The Labute approximate surface area is 103 Å². The number of hydrogen-bond acceptors (Lipinski definition) is 3. The van der Waals surface area contributed by atoms with E-state index in [9.17, 15) is 5.02 Å². The van der Waals surface area contributed by atoms with Crippen molar-refractivity contribution in [3.63, 3.8) is 0 Å². The predicted octanol–water partition coefficient (Wildman–Crippen LogP) is 2.16. The van der Waals surface area contributed by atoms with Gasteiger partial charge in [0.25, 0.3) is 0 Å². The molecule has 16 heavy (non-hydrogen) atoms. The number of thioether (sulfide) groups is 1. The van der Waals surface area contributed by atoms with Crippen molar-refractivity contribution in [2.75, 3.05) is 12.9 Å². The van der Waals surface area contributed by atoms with Gasteiger partial charge in [-0.2, -0.15) is 0 Å². The Morgan fingerprint density at radius 1 is 1.25 bits per heavy atom. The molecule has 0 amide bonds. The fourth-order valence-electron chi connectivity index (χ4n) is 1.19. The van der Waals surface area contributed by atoms with E-state index in [1.165, 1.54) is 4.90 Å². The summed E-state index contributed by atoms with van der Waals surface area (Å²) < 4.78 is 5.41. The molecule has 1 rings (SSSR count). The first-order valence-corrected chi connectivity index (χ1v) is 6.58. The lowest BCUT2D eigenvalue weighted by molar-refractivity contribution is 0.174. The molecule has 1 N–H and O–H groups in total. The maximum atomic E-state index is 9.82. The van der Waals surface area contributed by atoms with Crippen molar-refractivity contribution in [1.29, 1.82) is 0 Å². The van der Waals surface area contributed by atoms with Crippen LogP contribution in [0.1, 0.15) is 20.8 Å². The highest BCUT2D eigenvalue weighted by atomic mass is 32.2. The molecule has 0 atom stereocenters. The molecule has 0 aromatic heterocycles. The zero-order valence-corrected chi connectivity index (χ0v) is 11.2. The second-order valence-electron chi connectivity index (χ2n) is 5.00. The molecular weight excluding hydrogens is 219 g/mol. The van der Waals surface area contributed by atoms with Crippen LogP contribution in [0.5, 0.6) is 0 Å². The zero-order chi connectivity index (χ0) is 12.2. The number of rotatable bonds is 4. The third-order valence-electron chi connectivity index (χ3n) is 2.08. The lowest BCUT2D eigenvalue weighted by atomic mass is 9.79. The van der Waals surface area contributed by atoms with Crippen LogP contribution < -0.4 is 5.46 Å². The molecule has 0 aliphatic rings. The van der Waals surface area contributed by atoms with Gasteiger partial charge in [0.1, 0.15) is 0 Å². The smallest absolute Gasteiger partial charge is 0.423 e. The van der Waals surface area contributed by atoms with Gasteiger partial charge in [0.05, 0.1) is 0 Å². The van der Waals surface area contributed by atoms with Crippen LogP contribution in [0, 0.1) is 5.41 Å². The van der Waals surface area contributed by atoms with Crippen LogP contribution >= 0.6 is 11.8 Å². The Morgan fingerprint density at radius 3 is 2.25 bits per heavy atom. The van der Waals surface area contributed by atoms with E-state index in [2.05, 4.69) is 20.8 Å². The number of benzene rings is 1. The highest BCUT2D eigenvalue weighted by Gasteiger charge is 2.20. The van der Waals surface area contributed by atoms with Crippen LogP contribution in [0.3, 0.4) is 0 Å². The van der Waals surface area contributed by atoms with Crippen molar-refractivity contribution in [3.05, 3.63) is 24.3 Å². The molecule has 0 heterocycles. The molecule has 4 heteroatoms. The first-order valence-electron chi connectivity index (χ1n) is 5.36. The van der Waals surface area contributed by atoms with Gasteiger partial charge in [0, 0.05) is 11.5 Å². The van der Waals surface area contributed by atoms with Crippen LogP contribution in [-0.2, 0) is 4.65 Å². The summed E-state index contributed by atoms with van der Waals surface area (Å²) in [5.74, 6) is 0. The minimum atomic E-state index is -0.824. The Kier molecular flexibility index (Phi) is 4.90. The minimum Gasteiger partial charge on any atom is -0.423 e. The summed E-state index contributed by atoms with van der Waals surface area (Å²) in [6.45, 7) is 6.78. The Hall–Kier alpha value is -0.445. The average molecular weight is 238 g/mol. The highest BCUT2D eigenvalue weighted by Crippen LogP contribution is 2.14. The molecule has 0 fully saturated rings. The summed E-state index contributed by atoms with van der Waals surface area (Å²) in [4.78, 5) is 1.19. The predicted molar refractivity (Wildman–Crippen MR) is 71.2 cm³/mol. The van der Waals surface area contributed by atoms with Gasteiger partial charge in [-0.05, 0) is 29.3 Å². The van der Waals surface area contributed by atoms with Crippen LogP contribution in [-0.4, -0.2) is 25.0 Å². The van der Waals surface area contributed by atoms with Crippen LogP contribution in [0.25, 0.3) is 0 Å². The molecule has 0 aliphatic carbocycles. The molecule has 0 saturated heterocycles. The second-order valence-corrected chi connectivity index (χ2v) is 5.88. The molecule has 88 valence electrons. The van der Waals surface area contributed by atoms with Gasteiger partial charge in [-0.25, -0.2) is 0 Å². The van der Waals surface area contributed by atoms with Gasteiger partial charge >= 0.3 is 7.12 Å². The molecule has 0 bridgehead atoms. The summed E-state index contributed by atoms with van der Waals surface area (Å²) >= 11 is 1.68. The molecule has 0 saturated carbocycles. The average Bonchev–Trinajstić information content (AvgIpc) is 2.25. The van der Waals surface area contributed by atoms with E-state index >= 15 is 0 Å². The molecule has 1 aromatic rings. The van der Waals surface area contributed by atoms with Crippen molar-refractivity contribution >= 4 is 24.3 Å². The van der Waals surface area contributed by atoms with Crippen LogP contribution in [0.2, 0.25) is 0 Å². The Morgan fingerprint density at radius 2 is 1.81 bits per heavy atom. The van der Waals surface area contributed by atoms with Gasteiger partial charge in [0.15, 0.2) is 0 Å². The van der Waals surface area contributed by atoms with Crippen molar-refractivity contribution < 1.29 is 9.68 Å². The maximum Gasteiger partial charge on any atom is 0.491 e. The largest absolute Gasteiger partial charge is 0.491 e. The number of hydrogen-bond donors (Lipinski definition) is 1. The SMILES string of the molecule is CSc1ccc(B(O)OCC(C)(C)C)cc1. The molecule has 1 aromatic carbocycles. The van der Waals surface area contributed by atoms with Crippen LogP contribution in [0.4, 0.5) is 0 Å². The van der Waals surface area contributed by atoms with E-state index in [0.717, 1.165) is 5.46 Å². The second kappa shape index (κ2) is 5.76. The van der Waals surface area contributed by atoms with Gasteiger partial charge in [-0.1, -0.05) is 32.9 Å². The lowest BCUT2D eigenvalue weighted by Gasteiger charge is -2.19. The fourth-order valence-corrected chi connectivity index (χ4v) is 1.60. The first-order chi connectivity index (χ1) is 7.42. The monoisotopic (exact) mass is 238 g/mol. The van der Waals surface area contributed by atoms with E-state index in [4.69, 9.17) is 4.65 Å². The van der Waals surface area contributed by atoms with E-state index < -0.39 is 7.12 Å². The van der Waals surface area contributed by atoms with E-state index in [0.29, 0.717) is 6.61 Å². The summed E-state index contributed by atoms with van der Waals surface area (Å²) in [7, 11) is -0.824. The molecule has 0 aliphatic heterocycles. The standard InChI is InChI=1S/C12H19BO2S/c1-12(2,3)9-15-13(14)10-5-7-11(16-4)8-6-10/h5-8,14H,9H2,1-4H3. The molecule has 0 spiro atoms. The lowest BCUT2D eigenvalue weighted by Crippen LogP contribution is -2.36. The highest BCUT2D eigenvalue weighted by molar-refractivity contribution is 7.98. The molecular formula is C12H19BO2S. The molecule has 0 unspecified atom stereocenters. The minimum absolute atomic E-state index is 0.0696. The van der Waals surface area contributed by atoms with Crippen molar-refractivity contribution in [2.45, 2.75) is 25.7 Å². The van der Waals surface area contributed by atoms with E-state index in [1.54, 1.807) is 11.8 Å². The summed E-state index contributed by atoms with van der Waals surface area (Å²) in [6, 6.07) is 7.78. The summed E-state index contributed by atoms with van der Waals surface area (Å²) in [5.41, 5.74) is 0.877. The van der Waals surface area contributed by atoms with Crippen molar-refractivity contribution in [3.8, 4) is 0 Å². The first kappa shape index (κ1) is 13.6. The molecule has 0 radical (unpaired) electrons. The van der Waals surface area contributed by atoms with Crippen molar-refractivity contribution in [2.24, 2.45) is 5.41 Å². The van der Waals surface area contributed by atoms with E-state index in [-0.39, 0.29) is 5.41 Å². The van der Waals surface area contributed by atoms with Gasteiger partial charge in [0.2, 0.25) is 0 Å². The quantitative estimate of drug-likeness (QED) is 0.643. The maximum absolute atomic E-state index is 9.82. The third kappa shape index (κ3) is 4.60. The Balaban J connectivity index is 2.56.